The van der Waals surface area contributed by atoms with Gasteiger partial charge >= 0.3 is 0 Å². The van der Waals surface area contributed by atoms with Crippen molar-refractivity contribution in [2.75, 3.05) is 26.2 Å². The largest absolute Gasteiger partial charge is 0.341 e. The van der Waals surface area contributed by atoms with Gasteiger partial charge in [-0.15, -0.1) is 6.58 Å². The van der Waals surface area contributed by atoms with Crippen molar-refractivity contribution >= 4 is 11.8 Å². The fourth-order valence-electron chi connectivity index (χ4n) is 2.04. The predicted molar refractivity (Wildman–Crippen MR) is 67.5 cm³/mol. The Morgan fingerprint density at radius 3 is 2.29 bits per heavy atom. The Balaban J connectivity index is 2.49. The smallest absolute Gasteiger partial charge is 0.242 e. The molecule has 0 spiro atoms. The Hall–Kier alpha value is -1.32. The summed E-state index contributed by atoms with van der Waals surface area (Å²) in [5.74, 6) is -0.0166. The van der Waals surface area contributed by atoms with Crippen molar-refractivity contribution in [3.8, 4) is 0 Å². The van der Waals surface area contributed by atoms with Crippen LogP contribution in [0.5, 0.6) is 0 Å². The zero-order valence-corrected chi connectivity index (χ0v) is 10.7. The van der Waals surface area contributed by atoms with E-state index >= 15 is 0 Å². The van der Waals surface area contributed by atoms with Crippen LogP contribution in [-0.4, -0.2) is 47.8 Å². The normalized spacial score (nSPS) is 16.2. The number of nitrogens with zero attached hydrogens (tertiary/aromatic N) is 2. The van der Waals surface area contributed by atoms with Gasteiger partial charge in [-0.3, -0.25) is 9.59 Å². The molecule has 0 aliphatic carbocycles. The highest BCUT2D eigenvalue weighted by Gasteiger charge is 2.19. The van der Waals surface area contributed by atoms with Crippen molar-refractivity contribution in [2.45, 2.75) is 32.6 Å². The predicted octanol–water partition coefficient (Wildman–Crippen LogP) is 1.42. The second-order valence-electron chi connectivity index (χ2n) is 4.48. The molecule has 1 rings (SSSR count). The van der Waals surface area contributed by atoms with Crippen molar-refractivity contribution in [2.24, 2.45) is 0 Å². The average molecular weight is 238 g/mol. The van der Waals surface area contributed by atoms with Crippen LogP contribution in [0.15, 0.2) is 12.7 Å². The molecule has 17 heavy (non-hydrogen) atoms. The monoisotopic (exact) mass is 238 g/mol. The summed E-state index contributed by atoms with van der Waals surface area (Å²) < 4.78 is 0. The first-order chi connectivity index (χ1) is 8.15. The first-order valence-electron chi connectivity index (χ1n) is 6.29. The molecule has 1 aliphatic heterocycles. The van der Waals surface area contributed by atoms with E-state index in [1.54, 1.807) is 6.08 Å². The van der Waals surface area contributed by atoms with Crippen LogP contribution in [0.2, 0.25) is 0 Å². The second-order valence-corrected chi connectivity index (χ2v) is 4.48. The molecule has 0 aromatic rings. The van der Waals surface area contributed by atoms with Crippen LogP contribution in [0.1, 0.15) is 32.6 Å². The van der Waals surface area contributed by atoms with Crippen molar-refractivity contribution in [1.82, 2.24) is 9.80 Å². The maximum Gasteiger partial charge on any atom is 0.242 e. The summed E-state index contributed by atoms with van der Waals surface area (Å²) in [7, 11) is 0. The third kappa shape index (κ3) is 4.59. The lowest BCUT2D eigenvalue weighted by Gasteiger charge is -2.25. The van der Waals surface area contributed by atoms with E-state index in [0.717, 1.165) is 25.9 Å². The number of rotatable bonds is 4. The Labute approximate surface area is 103 Å². The van der Waals surface area contributed by atoms with Crippen LogP contribution in [0.4, 0.5) is 0 Å². The van der Waals surface area contributed by atoms with Crippen LogP contribution < -0.4 is 0 Å². The summed E-state index contributed by atoms with van der Waals surface area (Å²) in [6.07, 6.45) is 6.21. The van der Waals surface area contributed by atoms with Crippen molar-refractivity contribution in [3.05, 3.63) is 12.7 Å². The molecule has 0 aromatic heterocycles. The standard InChI is InChI=1S/C13H22N2O2/c1-3-8-15(12(2)16)11-13(17)14-9-6-4-5-7-10-14/h3H,1,4-11H2,2H3. The van der Waals surface area contributed by atoms with Gasteiger partial charge in [-0.2, -0.15) is 0 Å². The third-order valence-electron chi connectivity index (χ3n) is 3.08. The van der Waals surface area contributed by atoms with E-state index in [0.29, 0.717) is 6.54 Å². The fraction of sp³-hybridized carbons (Fsp3) is 0.692. The zero-order valence-electron chi connectivity index (χ0n) is 10.7. The van der Waals surface area contributed by atoms with Crippen molar-refractivity contribution in [3.63, 3.8) is 0 Å². The van der Waals surface area contributed by atoms with Gasteiger partial charge in [0.25, 0.3) is 0 Å². The minimum absolute atomic E-state index is 0.0592. The highest BCUT2D eigenvalue weighted by Crippen LogP contribution is 2.10. The molecule has 1 fully saturated rings. The highest BCUT2D eigenvalue weighted by atomic mass is 16.2. The van der Waals surface area contributed by atoms with Gasteiger partial charge in [-0.05, 0) is 12.8 Å². The Morgan fingerprint density at radius 1 is 1.24 bits per heavy atom. The molecule has 0 N–H and O–H groups in total. The summed E-state index contributed by atoms with van der Waals surface area (Å²) in [4.78, 5) is 26.8. The van der Waals surface area contributed by atoms with Crippen LogP contribution in [0.25, 0.3) is 0 Å². The molecule has 96 valence electrons. The highest BCUT2D eigenvalue weighted by molar-refractivity contribution is 5.83. The van der Waals surface area contributed by atoms with E-state index in [2.05, 4.69) is 6.58 Å². The molecule has 1 aliphatic rings. The summed E-state index contributed by atoms with van der Waals surface area (Å²) in [6, 6.07) is 0. The summed E-state index contributed by atoms with van der Waals surface area (Å²) in [6.45, 7) is 7.37. The molecule has 0 unspecified atom stereocenters. The lowest BCUT2D eigenvalue weighted by atomic mass is 10.2. The number of carbonyl (C=O) groups is 2. The van der Waals surface area contributed by atoms with Gasteiger partial charge in [-0.25, -0.2) is 0 Å². The minimum atomic E-state index is -0.0759. The molecule has 0 radical (unpaired) electrons. The molecule has 0 bridgehead atoms. The molecule has 0 atom stereocenters. The van der Waals surface area contributed by atoms with Crippen LogP contribution in [0.3, 0.4) is 0 Å². The van der Waals surface area contributed by atoms with E-state index in [1.165, 1.54) is 24.7 Å². The molecule has 2 amide bonds. The van der Waals surface area contributed by atoms with E-state index in [9.17, 15) is 9.59 Å². The first-order valence-corrected chi connectivity index (χ1v) is 6.29. The van der Waals surface area contributed by atoms with Gasteiger partial charge in [-0.1, -0.05) is 18.9 Å². The lowest BCUT2D eigenvalue weighted by Crippen LogP contribution is -2.42. The molecule has 1 saturated heterocycles. The van der Waals surface area contributed by atoms with E-state index in [-0.39, 0.29) is 18.4 Å². The maximum atomic E-state index is 12.0. The number of hydrogen-bond acceptors (Lipinski definition) is 2. The summed E-state index contributed by atoms with van der Waals surface area (Å²) in [5.41, 5.74) is 0. The summed E-state index contributed by atoms with van der Waals surface area (Å²) in [5, 5.41) is 0. The SMILES string of the molecule is C=CCN(CC(=O)N1CCCCCC1)C(C)=O. The Bertz CT molecular complexity index is 281. The van der Waals surface area contributed by atoms with Gasteiger partial charge in [0.1, 0.15) is 6.54 Å². The topological polar surface area (TPSA) is 40.6 Å². The Morgan fingerprint density at radius 2 is 1.82 bits per heavy atom. The van der Waals surface area contributed by atoms with Gasteiger partial charge in [0.05, 0.1) is 0 Å². The van der Waals surface area contributed by atoms with Gasteiger partial charge in [0.2, 0.25) is 11.8 Å². The third-order valence-corrected chi connectivity index (χ3v) is 3.08. The molecule has 0 saturated carbocycles. The van der Waals surface area contributed by atoms with Crippen molar-refractivity contribution < 1.29 is 9.59 Å². The Kier molecular flexibility index (Phi) is 5.73. The van der Waals surface area contributed by atoms with E-state index in [1.807, 2.05) is 4.90 Å². The lowest BCUT2D eigenvalue weighted by molar-refractivity contribution is -0.139. The number of amides is 2. The zero-order chi connectivity index (χ0) is 12.7. The average Bonchev–Trinajstić information content (AvgIpc) is 2.56. The van der Waals surface area contributed by atoms with Crippen LogP contribution in [0, 0.1) is 0 Å². The number of carbonyl (C=O) groups excluding carboxylic acids is 2. The van der Waals surface area contributed by atoms with Gasteiger partial charge < -0.3 is 9.80 Å². The van der Waals surface area contributed by atoms with E-state index in [4.69, 9.17) is 0 Å². The molecule has 4 heteroatoms. The first kappa shape index (κ1) is 13.7. The van der Waals surface area contributed by atoms with Gasteiger partial charge in [0, 0.05) is 26.6 Å². The van der Waals surface area contributed by atoms with Gasteiger partial charge in [0.15, 0.2) is 0 Å². The quantitative estimate of drug-likeness (QED) is 0.695. The second kappa shape index (κ2) is 7.09. The molecule has 4 nitrogen and oxygen atoms in total. The number of likely N-dealkylation sites (tertiary alicyclic amines) is 1. The molecular weight excluding hydrogens is 216 g/mol. The van der Waals surface area contributed by atoms with Crippen molar-refractivity contribution in [1.29, 1.82) is 0 Å². The molecule has 0 aromatic carbocycles. The van der Waals surface area contributed by atoms with E-state index < -0.39 is 0 Å². The maximum absolute atomic E-state index is 12.0. The van der Waals surface area contributed by atoms with Crippen LogP contribution >= 0.6 is 0 Å². The molecule has 1 heterocycles. The molecular formula is C13H22N2O2. The number of hydrogen-bond donors (Lipinski definition) is 0. The van der Waals surface area contributed by atoms with Crippen LogP contribution in [-0.2, 0) is 9.59 Å². The minimum Gasteiger partial charge on any atom is -0.341 e. The summed E-state index contributed by atoms with van der Waals surface area (Å²) >= 11 is 0. The fourth-order valence-corrected chi connectivity index (χ4v) is 2.04.